The van der Waals surface area contributed by atoms with E-state index in [4.69, 9.17) is 4.55 Å². The van der Waals surface area contributed by atoms with Crippen LogP contribution in [0.4, 0.5) is 30.7 Å². The molecule has 39 heavy (non-hydrogen) atoms. The first-order valence-corrected chi connectivity index (χ1v) is 12.5. The highest BCUT2D eigenvalue weighted by Crippen LogP contribution is 2.34. The predicted molar refractivity (Wildman–Crippen MR) is 128 cm³/mol. The highest BCUT2D eigenvalue weighted by Gasteiger charge is 2.44. The first-order chi connectivity index (χ1) is 18.0. The van der Waals surface area contributed by atoms with E-state index in [0.717, 1.165) is 12.1 Å². The quantitative estimate of drug-likeness (QED) is 0.193. The van der Waals surface area contributed by atoms with E-state index in [2.05, 4.69) is 14.5 Å². The van der Waals surface area contributed by atoms with Crippen LogP contribution in [0.15, 0.2) is 78.9 Å². The molecule has 0 spiro atoms. The van der Waals surface area contributed by atoms with Crippen molar-refractivity contribution in [2.75, 3.05) is 6.26 Å². The van der Waals surface area contributed by atoms with Crippen LogP contribution >= 0.6 is 0 Å². The summed E-state index contributed by atoms with van der Waals surface area (Å²) in [5.41, 5.74) is 2.23. The molecular weight excluding hydrogens is 559 g/mol. The van der Waals surface area contributed by atoms with Crippen molar-refractivity contribution >= 4 is 21.0 Å². The minimum Gasteiger partial charge on any atom is -0.428 e. The van der Waals surface area contributed by atoms with Gasteiger partial charge in [0.05, 0.1) is 17.5 Å². The number of aromatic nitrogens is 1. The van der Waals surface area contributed by atoms with Crippen LogP contribution < -0.4 is 9.47 Å². The van der Waals surface area contributed by atoms with Crippen LogP contribution in [0.25, 0.3) is 33.3 Å². The topological polar surface area (TPSA) is 85.7 Å². The second-order valence-corrected chi connectivity index (χ2v) is 9.34. The van der Waals surface area contributed by atoms with Gasteiger partial charge >= 0.3 is 18.9 Å². The molecule has 0 aliphatic heterocycles. The number of hydrogen-bond acceptors (Lipinski definition) is 5. The minimum absolute atomic E-state index is 0.343. The van der Waals surface area contributed by atoms with Gasteiger partial charge in [0.25, 0.3) is 10.1 Å². The molecule has 3 aromatic carbocycles. The van der Waals surface area contributed by atoms with Crippen LogP contribution in [0.5, 0.6) is 11.5 Å². The van der Waals surface area contributed by atoms with Crippen molar-refractivity contribution in [3.05, 3.63) is 78.9 Å². The van der Waals surface area contributed by atoms with E-state index in [-0.39, 0.29) is 5.75 Å². The fourth-order valence-electron chi connectivity index (χ4n) is 3.35. The Balaban J connectivity index is 0.000000771. The molecule has 0 amide bonds. The molecule has 0 radical (unpaired) electrons. The molecule has 0 bridgehead atoms. The summed E-state index contributed by atoms with van der Waals surface area (Å²) in [7, 11) is -3.67. The van der Waals surface area contributed by atoms with E-state index in [1.54, 1.807) is 42.5 Å². The summed E-state index contributed by atoms with van der Waals surface area (Å²) in [6.07, 6.45) is -12.7. The predicted octanol–water partition coefficient (Wildman–Crippen LogP) is 7.21. The van der Waals surface area contributed by atoms with Crippen molar-refractivity contribution in [2.45, 2.75) is 18.9 Å². The molecule has 4 rings (SSSR count). The number of rotatable bonds is 6. The Morgan fingerprint density at radius 1 is 0.795 bits per heavy atom. The number of ether oxygens (including phenoxy) is 2. The van der Waals surface area contributed by atoms with Crippen molar-refractivity contribution < 1.29 is 53.2 Å². The number of alkyl halides is 7. The van der Waals surface area contributed by atoms with Crippen LogP contribution in [0.3, 0.4) is 0 Å². The Kier molecular flexibility index (Phi) is 8.70. The lowest BCUT2D eigenvalue weighted by Gasteiger charge is -2.17. The fourth-order valence-corrected chi connectivity index (χ4v) is 3.35. The third-order valence-corrected chi connectivity index (χ3v) is 4.75. The Morgan fingerprint density at radius 3 is 1.92 bits per heavy atom. The third kappa shape index (κ3) is 8.82. The molecule has 0 saturated heterocycles. The summed E-state index contributed by atoms with van der Waals surface area (Å²) < 4.78 is 123. The average Bonchev–Trinajstić information content (AvgIpc) is 2.81. The van der Waals surface area contributed by atoms with E-state index in [0.29, 0.717) is 39.5 Å². The van der Waals surface area contributed by atoms with Gasteiger partial charge in [-0.3, -0.25) is 4.55 Å². The first kappa shape index (κ1) is 29.6. The Labute approximate surface area is 217 Å². The molecule has 0 aliphatic carbocycles. The van der Waals surface area contributed by atoms with Gasteiger partial charge in [-0.25, -0.2) is 4.98 Å². The van der Waals surface area contributed by atoms with Gasteiger partial charge in [-0.15, -0.1) is 13.2 Å². The summed E-state index contributed by atoms with van der Waals surface area (Å²) in [5.74, 6) is -0.830. The molecule has 1 heterocycles. The highest BCUT2D eigenvalue weighted by molar-refractivity contribution is 7.85. The lowest BCUT2D eigenvalue weighted by atomic mass is 9.99. The normalized spacial score (nSPS) is 12.2. The number of benzene rings is 3. The maximum absolute atomic E-state index is 13.2. The standard InChI is InChI=1S/C24H14F7NO2.CH4O3S/c25-22(26)23(27,28)33-16-6-2-5-15(13-16)20-11-10-19-18(8-3-9-21(19)32-20)14-4-1-7-17(12-14)34-24(29,30)31;1-5(2,3)4/h1-13,22H;1H3,(H,2,3,4). The Bertz CT molecular complexity index is 1550. The number of hydrogen-bond donors (Lipinski definition) is 1. The molecular formula is C25H18F7NO5S. The molecule has 0 fully saturated rings. The molecule has 14 heteroatoms. The van der Waals surface area contributed by atoms with Gasteiger partial charge in [0.2, 0.25) is 0 Å². The SMILES string of the molecule is CS(=O)(=O)O.FC(F)C(F)(F)Oc1cccc(-c2ccc3c(-c4cccc(OC(F)(F)F)c4)cccc3n2)c1. The zero-order valence-electron chi connectivity index (χ0n) is 19.7. The summed E-state index contributed by atoms with van der Waals surface area (Å²) in [6, 6.07) is 19.0. The Morgan fingerprint density at radius 2 is 1.33 bits per heavy atom. The van der Waals surface area contributed by atoms with Gasteiger partial charge in [-0.05, 0) is 47.5 Å². The molecule has 4 aromatic rings. The minimum atomic E-state index is -4.83. The van der Waals surface area contributed by atoms with Crippen LogP contribution in [-0.4, -0.2) is 43.1 Å². The largest absolute Gasteiger partial charge is 0.573 e. The molecule has 1 N–H and O–H groups in total. The lowest BCUT2D eigenvalue weighted by Crippen LogP contribution is -2.33. The summed E-state index contributed by atoms with van der Waals surface area (Å²) in [6.45, 7) is 0. The van der Waals surface area contributed by atoms with Crippen molar-refractivity contribution in [1.82, 2.24) is 4.98 Å². The van der Waals surface area contributed by atoms with Gasteiger partial charge in [0.1, 0.15) is 11.5 Å². The highest BCUT2D eigenvalue weighted by atomic mass is 32.2. The molecule has 0 unspecified atom stereocenters. The fraction of sp³-hybridized carbons (Fsp3) is 0.160. The lowest BCUT2D eigenvalue weighted by molar-refractivity contribution is -0.274. The molecule has 0 aliphatic rings. The number of nitrogens with zero attached hydrogens (tertiary/aromatic N) is 1. The van der Waals surface area contributed by atoms with E-state index >= 15 is 0 Å². The van der Waals surface area contributed by atoms with Crippen molar-refractivity contribution in [3.63, 3.8) is 0 Å². The summed E-state index contributed by atoms with van der Waals surface area (Å²) in [4.78, 5) is 4.48. The molecule has 1 aromatic heterocycles. The number of halogens is 7. The maximum atomic E-state index is 13.2. The van der Waals surface area contributed by atoms with Crippen molar-refractivity contribution in [3.8, 4) is 33.9 Å². The number of pyridine rings is 1. The second-order valence-electron chi connectivity index (χ2n) is 7.87. The Hall–Kier alpha value is -3.91. The summed E-state index contributed by atoms with van der Waals surface area (Å²) in [5, 5.41) is 0.618. The average molecular weight is 577 g/mol. The van der Waals surface area contributed by atoms with Gasteiger partial charge < -0.3 is 9.47 Å². The van der Waals surface area contributed by atoms with Crippen LogP contribution in [-0.2, 0) is 10.1 Å². The second kappa shape index (κ2) is 11.5. The van der Waals surface area contributed by atoms with Crippen LogP contribution in [0, 0.1) is 0 Å². The third-order valence-electron chi connectivity index (χ3n) is 4.75. The first-order valence-electron chi connectivity index (χ1n) is 10.7. The van der Waals surface area contributed by atoms with Gasteiger partial charge in [0.15, 0.2) is 0 Å². The number of fused-ring (bicyclic) bond motifs is 1. The molecule has 0 atom stereocenters. The molecule has 208 valence electrons. The zero-order valence-corrected chi connectivity index (χ0v) is 20.5. The maximum Gasteiger partial charge on any atom is 0.573 e. The van der Waals surface area contributed by atoms with E-state index in [1.165, 1.54) is 24.3 Å². The van der Waals surface area contributed by atoms with Gasteiger partial charge in [0, 0.05) is 10.9 Å². The van der Waals surface area contributed by atoms with E-state index < -0.39 is 34.8 Å². The van der Waals surface area contributed by atoms with E-state index in [1.807, 2.05) is 0 Å². The van der Waals surface area contributed by atoms with Gasteiger partial charge in [-0.1, -0.05) is 42.5 Å². The molecule has 0 saturated carbocycles. The monoisotopic (exact) mass is 577 g/mol. The molecule has 6 nitrogen and oxygen atoms in total. The van der Waals surface area contributed by atoms with Crippen LogP contribution in [0.1, 0.15) is 0 Å². The summed E-state index contributed by atoms with van der Waals surface area (Å²) >= 11 is 0. The van der Waals surface area contributed by atoms with E-state index in [9.17, 15) is 39.2 Å². The van der Waals surface area contributed by atoms with Crippen molar-refractivity contribution in [2.24, 2.45) is 0 Å². The van der Waals surface area contributed by atoms with Gasteiger partial charge in [-0.2, -0.15) is 26.0 Å². The smallest absolute Gasteiger partial charge is 0.428 e. The van der Waals surface area contributed by atoms with Crippen LogP contribution in [0.2, 0.25) is 0 Å². The van der Waals surface area contributed by atoms with Crippen molar-refractivity contribution in [1.29, 1.82) is 0 Å². The zero-order chi connectivity index (χ0) is 29.0.